The molecule has 1 aromatic heterocycles. The molecule has 3 aromatic rings. The zero-order valence-corrected chi connectivity index (χ0v) is 15.5. The fraction of sp³-hybridized carbons (Fsp3) is 0.211. The number of ether oxygens (including phenoxy) is 1. The number of hydrogen-bond donors (Lipinski definition) is 1. The van der Waals surface area contributed by atoms with E-state index in [4.69, 9.17) is 9.15 Å². The minimum atomic E-state index is -0.342. The van der Waals surface area contributed by atoms with Crippen LogP contribution in [0.2, 0.25) is 0 Å². The SMILES string of the molecule is COc1ccc(Cc2nnc(SCCC(=O)Nc3ccc(F)cc3)o2)cc1. The number of anilines is 1. The van der Waals surface area contributed by atoms with E-state index in [-0.39, 0.29) is 18.1 Å². The van der Waals surface area contributed by atoms with Crippen LogP contribution in [0.15, 0.2) is 58.2 Å². The number of carbonyl (C=O) groups is 1. The van der Waals surface area contributed by atoms with Crippen LogP contribution in [0.1, 0.15) is 17.9 Å². The number of methoxy groups -OCH3 is 1. The number of nitrogens with zero attached hydrogens (tertiary/aromatic N) is 2. The first kappa shape index (κ1) is 18.9. The number of benzene rings is 2. The maximum atomic E-state index is 12.8. The third kappa shape index (κ3) is 5.82. The quantitative estimate of drug-likeness (QED) is 0.590. The normalized spacial score (nSPS) is 10.6. The van der Waals surface area contributed by atoms with Gasteiger partial charge in [0.1, 0.15) is 11.6 Å². The lowest BCUT2D eigenvalue weighted by Crippen LogP contribution is -2.12. The van der Waals surface area contributed by atoms with Gasteiger partial charge in [0, 0.05) is 17.9 Å². The van der Waals surface area contributed by atoms with Crippen molar-refractivity contribution in [1.82, 2.24) is 10.2 Å². The zero-order valence-electron chi connectivity index (χ0n) is 14.6. The highest BCUT2D eigenvalue weighted by Crippen LogP contribution is 2.20. The number of thioether (sulfide) groups is 1. The van der Waals surface area contributed by atoms with Crippen LogP contribution >= 0.6 is 11.8 Å². The molecule has 0 aliphatic carbocycles. The van der Waals surface area contributed by atoms with E-state index in [2.05, 4.69) is 15.5 Å². The van der Waals surface area contributed by atoms with E-state index < -0.39 is 0 Å². The lowest BCUT2D eigenvalue weighted by molar-refractivity contribution is -0.115. The predicted octanol–water partition coefficient (Wildman–Crippen LogP) is 3.93. The van der Waals surface area contributed by atoms with Crippen molar-refractivity contribution in [2.75, 3.05) is 18.2 Å². The summed E-state index contributed by atoms with van der Waals surface area (Å²) in [5.41, 5.74) is 1.60. The van der Waals surface area contributed by atoms with Gasteiger partial charge < -0.3 is 14.5 Å². The minimum absolute atomic E-state index is 0.160. The van der Waals surface area contributed by atoms with Crippen LogP contribution in [-0.4, -0.2) is 29.0 Å². The van der Waals surface area contributed by atoms with Crippen LogP contribution in [0.4, 0.5) is 10.1 Å². The van der Waals surface area contributed by atoms with E-state index in [1.165, 1.54) is 36.0 Å². The molecule has 2 aromatic carbocycles. The summed E-state index contributed by atoms with van der Waals surface area (Å²) in [5.74, 6) is 1.30. The van der Waals surface area contributed by atoms with Gasteiger partial charge in [0.25, 0.3) is 5.22 Å². The Labute approximate surface area is 160 Å². The van der Waals surface area contributed by atoms with Gasteiger partial charge in [0.05, 0.1) is 13.5 Å². The summed E-state index contributed by atoms with van der Waals surface area (Å²) >= 11 is 1.32. The highest BCUT2D eigenvalue weighted by atomic mass is 32.2. The van der Waals surface area contributed by atoms with E-state index in [9.17, 15) is 9.18 Å². The van der Waals surface area contributed by atoms with Crippen LogP contribution in [0.5, 0.6) is 5.75 Å². The summed E-state index contributed by atoms with van der Waals surface area (Å²) in [5, 5.41) is 11.1. The third-order valence-electron chi connectivity index (χ3n) is 3.65. The molecule has 1 amide bonds. The lowest BCUT2D eigenvalue weighted by Gasteiger charge is -2.04. The fourth-order valence-electron chi connectivity index (χ4n) is 2.27. The molecule has 8 heteroatoms. The number of carbonyl (C=O) groups excluding carboxylic acids is 1. The maximum Gasteiger partial charge on any atom is 0.276 e. The van der Waals surface area contributed by atoms with E-state index >= 15 is 0 Å². The predicted molar refractivity (Wildman–Crippen MR) is 100 cm³/mol. The van der Waals surface area contributed by atoms with Gasteiger partial charge in [-0.05, 0) is 42.0 Å². The van der Waals surface area contributed by atoms with Gasteiger partial charge in [-0.1, -0.05) is 23.9 Å². The van der Waals surface area contributed by atoms with Crippen LogP contribution in [-0.2, 0) is 11.2 Å². The van der Waals surface area contributed by atoms with Crippen molar-refractivity contribution >= 4 is 23.4 Å². The number of rotatable bonds is 8. The molecule has 0 saturated carbocycles. The van der Waals surface area contributed by atoms with Crippen LogP contribution < -0.4 is 10.1 Å². The topological polar surface area (TPSA) is 77.2 Å². The van der Waals surface area contributed by atoms with E-state index in [0.717, 1.165) is 11.3 Å². The Morgan fingerprint density at radius 3 is 2.59 bits per heavy atom. The summed E-state index contributed by atoms with van der Waals surface area (Å²) in [6.07, 6.45) is 0.806. The Bertz CT molecular complexity index is 882. The molecule has 0 fully saturated rings. The Kier molecular flexibility index (Phi) is 6.43. The van der Waals surface area contributed by atoms with Gasteiger partial charge in [-0.15, -0.1) is 10.2 Å². The molecule has 0 atom stereocenters. The van der Waals surface area contributed by atoms with Crippen LogP contribution in [0, 0.1) is 5.82 Å². The van der Waals surface area contributed by atoms with Crippen LogP contribution in [0.3, 0.4) is 0 Å². The summed E-state index contributed by atoms with van der Waals surface area (Å²) in [7, 11) is 1.62. The van der Waals surface area contributed by atoms with Crippen molar-refractivity contribution in [3.63, 3.8) is 0 Å². The first-order chi connectivity index (χ1) is 13.1. The highest BCUT2D eigenvalue weighted by molar-refractivity contribution is 7.99. The zero-order chi connectivity index (χ0) is 19.1. The number of nitrogens with one attached hydrogen (secondary N) is 1. The largest absolute Gasteiger partial charge is 0.497 e. The van der Waals surface area contributed by atoms with Crippen molar-refractivity contribution in [1.29, 1.82) is 0 Å². The van der Waals surface area contributed by atoms with Crippen molar-refractivity contribution in [3.05, 3.63) is 65.8 Å². The highest BCUT2D eigenvalue weighted by Gasteiger charge is 2.09. The molecule has 27 heavy (non-hydrogen) atoms. The van der Waals surface area contributed by atoms with Crippen molar-refractivity contribution in [2.45, 2.75) is 18.1 Å². The smallest absolute Gasteiger partial charge is 0.276 e. The molecular weight excluding hydrogens is 369 g/mol. The Morgan fingerprint density at radius 2 is 1.89 bits per heavy atom. The second kappa shape index (κ2) is 9.18. The van der Waals surface area contributed by atoms with Gasteiger partial charge in [-0.25, -0.2) is 4.39 Å². The molecule has 0 spiro atoms. The molecule has 140 valence electrons. The fourth-order valence-corrected chi connectivity index (χ4v) is 2.99. The third-order valence-corrected chi connectivity index (χ3v) is 4.47. The molecule has 1 N–H and O–H groups in total. The summed E-state index contributed by atoms with van der Waals surface area (Å²) in [6.45, 7) is 0. The Morgan fingerprint density at radius 1 is 1.15 bits per heavy atom. The molecule has 6 nitrogen and oxygen atoms in total. The van der Waals surface area contributed by atoms with Crippen molar-refractivity contribution < 1.29 is 18.3 Å². The molecule has 0 aliphatic heterocycles. The molecule has 0 saturated heterocycles. The number of amides is 1. The van der Waals surface area contributed by atoms with Gasteiger partial charge in [-0.3, -0.25) is 4.79 Å². The van der Waals surface area contributed by atoms with E-state index in [1.54, 1.807) is 7.11 Å². The van der Waals surface area contributed by atoms with Gasteiger partial charge in [-0.2, -0.15) is 0 Å². The van der Waals surface area contributed by atoms with Gasteiger partial charge >= 0.3 is 0 Å². The summed E-state index contributed by atoms with van der Waals surface area (Å²) in [6, 6.07) is 13.3. The number of aromatic nitrogens is 2. The second-order valence-corrected chi connectivity index (χ2v) is 6.69. The molecule has 0 radical (unpaired) electrons. The first-order valence-electron chi connectivity index (χ1n) is 8.26. The lowest BCUT2D eigenvalue weighted by atomic mass is 10.1. The summed E-state index contributed by atoms with van der Waals surface area (Å²) < 4.78 is 23.6. The Balaban J connectivity index is 1.43. The molecule has 0 unspecified atom stereocenters. The molecule has 3 rings (SSSR count). The van der Waals surface area contributed by atoms with Gasteiger partial charge in [0.15, 0.2) is 0 Å². The first-order valence-corrected chi connectivity index (χ1v) is 9.24. The molecule has 1 heterocycles. The standard InChI is InChI=1S/C19H18FN3O3S/c1-25-16-8-2-13(3-9-16)12-18-22-23-19(26-18)27-11-10-17(24)21-15-6-4-14(20)5-7-15/h2-9H,10-12H2,1H3,(H,21,24). The summed E-state index contributed by atoms with van der Waals surface area (Å²) in [4.78, 5) is 11.9. The Hall–Kier alpha value is -2.87. The average molecular weight is 387 g/mol. The van der Waals surface area contributed by atoms with Gasteiger partial charge in [0.2, 0.25) is 11.8 Å². The maximum absolute atomic E-state index is 12.8. The monoisotopic (exact) mass is 387 g/mol. The van der Waals surface area contributed by atoms with E-state index in [0.29, 0.717) is 29.0 Å². The number of halogens is 1. The molecule has 0 aliphatic rings. The van der Waals surface area contributed by atoms with Crippen molar-refractivity contribution in [3.8, 4) is 5.75 Å². The average Bonchev–Trinajstić information content (AvgIpc) is 3.11. The second-order valence-electron chi connectivity index (χ2n) is 5.64. The minimum Gasteiger partial charge on any atom is -0.497 e. The molecule has 0 bridgehead atoms. The number of hydrogen-bond acceptors (Lipinski definition) is 6. The molecular formula is C19H18FN3O3S. The van der Waals surface area contributed by atoms with Crippen LogP contribution in [0.25, 0.3) is 0 Å². The van der Waals surface area contributed by atoms with Crippen molar-refractivity contribution in [2.24, 2.45) is 0 Å². The van der Waals surface area contributed by atoms with E-state index in [1.807, 2.05) is 24.3 Å².